The van der Waals surface area contributed by atoms with E-state index in [1.165, 1.54) is 6.07 Å². The van der Waals surface area contributed by atoms with Crippen LogP contribution in [0.15, 0.2) is 34.8 Å². The molecule has 0 bridgehead atoms. The summed E-state index contributed by atoms with van der Waals surface area (Å²) >= 11 is 3.37. The molecule has 0 saturated heterocycles. The van der Waals surface area contributed by atoms with E-state index in [1.54, 1.807) is 4.90 Å². The summed E-state index contributed by atoms with van der Waals surface area (Å²) in [4.78, 5) is 5.35. The van der Waals surface area contributed by atoms with E-state index < -0.39 is 11.9 Å². The third-order valence-electron chi connectivity index (χ3n) is 3.48. The Morgan fingerprint density at radius 1 is 1.14 bits per heavy atom. The number of halogens is 4. The molecule has 0 amide bonds. The number of benzene rings is 1. The molecular weight excluding hydrogens is 359 g/mol. The van der Waals surface area contributed by atoms with E-state index >= 15 is 0 Å². The normalized spacial score (nSPS) is 13.9. The first-order valence-electron chi connectivity index (χ1n) is 6.39. The Labute approximate surface area is 133 Å². The Morgan fingerprint density at radius 3 is 2.55 bits per heavy atom. The molecule has 3 rings (SSSR count). The lowest BCUT2D eigenvalue weighted by Gasteiger charge is -2.19. The highest BCUT2D eigenvalue weighted by atomic mass is 79.9. The van der Waals surface area contributed by atoms with Gasteiger partial charge in [0.2, 0.25) is 0 Å². The quantitative estimate of drug-likeness (QED) is 0.756. The zero-order valence-corrected chi connectivity index (χ0v) is 12.7. The monoisotopic (exact) mass is 367 g/mol. The highest BCUT2D eigenvalue weighted by Gasteiger charge is 2.34. The van der Waals surface area contributed by atoms with Gasteiger partial charge in [-0.1, -0.05) is 22.0 Å². The lowest BCUT2D eigenvalue weighted by atomic mass is 10.1. The van der Waals surface area contributed by atoms with Gasteiger partial charge in [0.05, 0.1) is 5.56 Å². The number of nitriles is 1. The van der Waals surface area contributed by atoms with Crippen LogP contribution in [0.5, 0.6) is 0 Å². The highest BCUT2D eigenvalue weighted by Crippen LogP contribution is 2.34. The Morgan fingerprint density at radius 2 is 1.86 bits per heavy atom. The van der Waals surface area contributed by atoms with Gasteiger partial charge in [-0.15, -0.1) is 0 Å². The molecule has 1 aromatic carbocycles. The molecule has 1 aliphatic heterocycles. The second-order valence-electron chi connectivity index (χ2n) is 4.95. The Hall–Kier alpha value is -2.07. The Kier molecular flexibility index (Phi) is 3.57. The van der Waals surface area contributed by atoms with Crippen molar-refractivity contribution in [3.05, 3.63) is 57.2 Å². The molecule has 2 aromatic rings. The number of anilines is 1. The Balaban J connectivity index is 2.01. The van der Waals surface area contributed by atoms with Gasteiger partial charge < -0.3 is 4.90 Å². The van der Waals surface area contributed by atoms with E-state index in [0.29, 0.717) is 13.1 Å². The molecule has 7 heteroatoms. The SMILES string of the molecule is N#Cc1ccc(C(F)(F)F)nc1N1Cc2ccc(Br)cc2C1. The van der Waals surface area contributed by atoms with Crippen LogP contribution >= 0.6 is 15.9 Å². The molecule has 0 fully saturated rings. The molecule has 3 nitrogen and oxygen atoms in total. The van der Waals surface area contributed by atoms with Gasteiger partial charge in [0, 0.05) is 17.6 Å². The number of nitrogens with zero attached hydrogens (tertiary/aromatic N) is 3. The van der Waals surface area contributed by atoms with Gasteiger partial charge in [-0.05, 0) is 35.4 Å². The van der Waals surface area contributed by atoms with Crippen LogP contribution in [-0.2, 0) is 19.3 Å². The molecule has 0 radical (unpaired) electrons. The number of aromatic nitrogens is 1. The van der Waals surface area contributed by atoms with Crippen LogP contribution in [0.3, 0.4) is 0 Å². The molecular formula is C15H9BrF3N3. The van der Waals surface area contributed by atoms with Crippen LogP contribution in [0.1, 0.15) is 22.4 Å². The highest BCUT2D eigenvalue weighted by molar-refractivity contribution is 9.10. The van der Waals surface area contributed by atoms with Crippen molar-refractivity contribution in [2.75, 3.05) is 4.90 Å². The number of alkyl halides is 3. The van der Waals surface area contributed by atoms with Crippen molar-refractivity contribution in [2.45, 2.75) is 19.3 Å². The van der Waals surface area contributed by atoms with Gasteiger partial charge in [-0.2, -0.15) is 18.4 Å². The minimum atomic E-state index is -4.53. The number of fused-ring (bicyclic) bond motifs is 1. The summed E-state index contributed by atoms with van der Waals surface area (Å²) in [7, 11) is 0. The molecule has 1 aromatic heterocycles. The number of hydrogen-bond donors (Lipinski definition) is 0. The predicted octanol–water partition coefficient (Wildman–Crippen LogP) is 4.25. The van der Waals surface area contributed by atoms with E-state index in [1.807, 2.05) is 24.3 Å². The van der Waals surface area contributed by atoms with Crippen molar-refractivity contribution in [2.24, 2.45) is 0 Å². The Bertz CT molecular complexity index is 781. The summed E-state index contributed by atoms with van der Waals surface area (Å²) in [6.07, 6.45) is -4.53. The number of pyridine rings is 1. The van der Waals surface area contributed by atoms with Gasteiger partial charge in [0.25, 0.3) is 0 Å². The van der Waals surface area contributed by atoms with E-state index in [4.69, 9.17) is 5.26 Å². The van der Waals surface area contributed by atoms with Crippen LogP contribution in [-0.4, -0.2) is 4.98 Å². The fraction of sp³-hybridized carbons (Fsp3) is 0.200. The van der Waals surface area contributed by atoms with Crippen LogP contribution in [0.25, 0.3) is 0 Å². The second-order valence-corrected chi connectivity index (χ2v) is 5.86. The standard InChI is InChI=1S/C15H9BrF3N3/c16-12-3-1-10-7-22(8-11(10)5-12)14-9(6-20)2-4-13(21-14)15(17,18)19/h1-5H,7-8H2. The molecule has 0 aliphatic carbocycles. The van der Waals surface area contributed by atoms with E-state index in [0.717, 1.165) is 21.7 Å². The van der Waals surface area contributed by atoms with Crippen molar-refractivity contribution >= 4 is 21.7 Å². The maximum absolute atomic E-state index is 12.8. The summed E-state index contributed by atoms with van der Waals surface area (Å²) in [5.74, 6) is 0.0737. The van der Waals surface area contributed by atoms with E-state index in [2.05, 4.69) is 20.9 Å². The minimum Gasteiger partial charge on any atom is -0.347 e. The molecule has 112 valence electrons. The molecule has 22 heavy (non-hydrogen) atoms. The number of rotatable bonds is 1. The maximum atomic E-state index is 12.8. The maximum Gasteiger partial charge on any atom is 0.433 e. The van der Waals surface area contributed by atoms with Gasteiger partial charge in [-0.25, -0.2) is 4.98 Å². The first kappa shape index (κ1) is 14.9. The van der Waals surface area contributed by atoms with Crippen LogP contribution in [0.4, 0.5) is 19.0 Å². The third kappa shape index (κ3) is 2.66. The van der Waals surface area contributed by atoms with Gasteiger partial charge >= 0.3 is 6.18 Å². The predicted molar refractivity (Wildman–Crippen MR) is 78.0 cm³/mol. The molecule has 0 atom stereocenters. The second kappa shape index (κ2) is 5.29. The van der Waals surface area contributed by atoms with Crippen molar-refractivity contribution in [1.82, 2.24) is 4.98 Å². The van der Waals surface area contributed by atoms with E-state index in [9.17, 15) is 13.2 Å². The molecule has 2 heterocycles. The summed E-state index contributed by atoms with van der Waals surface area (Å²) in [5, 5.41) is 9.13. The summed E-state index contributed by atoms with van der Waals surface area (Å²) in [6.45, 7) is 0.864. The fourth-order valence-electron chi connectivity index (χ4n) is 2.45. The van der Waals surface area contributed by atoms with Crippen LogP contribution in [0, 0.1) is 11.3 Å². The number of hydrogen-bond acceptors (Lipinski definition) is 3. The van der Waals surface area contributed by atoms with Crippen molar-refractivity contribution in [3.8, 4) is 6.07 Å². The van der Waals surface area contributed by atoms with Crippen molar-refractivity contribution in [1.29, 1.82) is 5.26 Å². The smallest absolute Gasteiger partial charge is 0.347 e. The largest absolute Gasteiger partial charge is 0.433 e. The lowest BCUT2D eigenvalue weighted by molar-refractivity contribution is -0.141. The zero-order chi connectivity index (χ0) is 15.9. The molecule has 1 aliphatic rings. The van der Waals surface area contributed by atoms with Crippen molar-refractivity contribution < 1.29 is 13.2 Å². The zero-order valence-electron chi connectivity index (χ0n) is 11.2. The van der Waals surface area contributed by atoms with Crippen LogP contribution in [0.2, 0.25) is 0 Å². The van der Waals surface area contributed by atoms with E-state index in [-0.39, 0.29) is 11.4 Å². The first-order valence-corrected chi connectivity index (χ1v) is 7.18. The van der Waals surface area contributed by atoms with Gasteiger partial charge in [0.15, 0.2) is 0 Å². The van der Waals surface area contributed by atoms with Crippen molar-refractivity contribution in [3.63, 3.8) is 0 Å². The van der Waals surface area contributed by atoms with Gasteiger partial charge in [-0.3, -0.25) is 0 Å². The average molecular weight is 368 g/mol. The molecule has 0 unspecified atom stereocenters. The minimum absolute atomic E-state index is 0.0737. The lowest BCUT2D eigenvalue weighted by Crippen LogP contribution is -2.20. The fourth-order valence-corrected chi connectivity index (χ4v) is 2.86. The first-order chi connectivity index (χ1) is 10.4. The summed E-state index contributed by atoms with van der Waals surface area (Å²) in [5.41, 5.74) is 1.18. The van der Waals surface area contributed by atoms with Crippen LogP contribution < -0.4 is 4.90 Å². The third-order valence-corrected chi connectivity index (χ3v) is 3.97. The molecule has 0 spiro atoms. The summed E-state index contributed by atoms with van der Waals surface area (Å²) < 4.78 is 39.4. The summed E-state index contributed by atoms with van der Waals surface area (Å²) in [6, 6.07) is 9.64. The molecule has 0 saturated carbocycles. The topological polar surface area (TPSA) is 39.9 Å². The average Bonchev–Trinajstić information content (AvgIpc) is 2.88. The molecule has 0 N–H and O–H groups in total. The van der Waals surface area contributed by atoms with Gasteiger partial charge in [0.1, 0.15) is 17.6 Å².